The maximum atomic E-state index is 14.1. The van der Waals surface area contributed by atoms with E-state index >= 15 is 0 Å². The first-order valence-electron chi connectivity index (χ1n) is 10.3. The van der Waals surface area contributed by atoms with Crippen LogP contribution >= 0.6 is 0 Å². The number of carbonyl (C=O) groups is 2. The number of anilines is 1. The first-order valence-corrected chi connectivity index (χ1v) is 10.3. The minimum Gasteiger partial charge on any atom is -0.302 e. The number of aryl methyl sites for hydroxylation is 3. The number of carbonyl (C=O) groups excluding carboxylic acids is 2. The molecule has 2 aromatic carbocycles. The quantitative estimate of drug-likeness (QED) is 0.722. The highest BCUT2D eigenvalue weighted by molar-refractivity contribution is 6.25. The van der Waals surface area contributed by atoms with Crippen LogP contribution in [0.2, 0.25) is 0 Å². The van der Waals surface area contributed by atoms with Gasteiger partial charge in [0.05, 0.1) is 7.11 Å². The summed E-state index contributed by atoms with van der Waals surface area (Å²) in [5.41, 5.74) is 3.19. The van der Waals surface area contributed by atoms with Gasteiger partial charge in [-0.15, -0.1) is 0 Å². The van der Waals surface area contributed by atoms with Crippen LogP contribution in [0.3, 0.4) is 0 Å². The molecule has 1 unspecified atom stereocenters. The van der Waals surface area contributed by atoms with Crippen LogP contribution in [0, 0.1) is 26.6 Å². The van der Waals surface area contributed by atoms with Crippen LogP contribution < -0.4 is 4.90 Å². The molecule has 0 aromatic heterocycles. The number of halogens is 1. The molecule has 5 nitrogen and oxygen atoms in total. The van der Waals surface area contributed by atoms with Gasteiger partial charge in [-0.2, -0.15) is 5.06 Å². The highest BCUT2D eigenvalue weighted by Gasteiger charge is 2.60. The average Bonchev–Trinajstić information content (AvgIpc) is 2.89. The largest absolute Gasteiger partial charge is 0.302 e. The van der Waals surface area contributed by atoms with Gasteiger partial charge in [0.25, 0.3) is 0 Å². The molecule has 0 N–H and O–H groups in total. The third-order valence-corrected chi connectivity index (χ3v) is 6.52. The van der Waals surface area contributed by atoms with Crippen molar-refractivity contribution in [2.75, 3.05) is 25.1 Å². The Bertz CT molecular complexity index is 988. The predicted octanol–water partition coefficient (Wildman–Crippen LogP) is 3.85. The molecule has 2 heterocycles. The fourth-order valence-corrected chi connectivity index (χ4v) is 5.23. The third-order valence-electron chi connectivity index (χ3n) is 6.52. The highest BCUT2D eigenvalue weighted by Crippen LogP contribution is 2.46. The zero-order valence-electron chi connectivity index (χ0n) is 17.9. The fraction of sp³-hybridized carbons (Fsp3) is 0.417. The van der Waals surface area contributed by atoms with E-state index in [2.05, 4.69) is 0 Å². The van der Waals surface area contributed by atoms with E-state index in [1.165, 1.54) is 12.1 Å². The van der Waals surface area contributed by atoms with Crippen molar-refractivity contribution in [3.8, 4) is 0 Å². The van der Waals surface area contributed by atoms with Gasteiger partial charge in [0.15, 0.2) is 5.78 Å². The zero-order valence-corrected chi connectivity index (χ0v) is 17.9. The molecule has 158 valence electrons. The van der Waals surface area contributed by atoms with Gasteiger partial charge < -0.3 is 4.84 Å². The van der Waals surface area contributed by atoms with Crippen LogP contribution in [-0.2, 0) is 14.4 Å². The second-order valence-electron chi connectivity index (χ2n) is 8.41. The van der Waals surface area contributed by atoms with Crippen molar-refractivity contribution in [3.63, 3.8) is 0 Å². The lowest BCUT2D eigenvalue weighted by molar-refractivity contribution is -0.155. The van der Waals surface area contributed by atoms with Crippen molar-refractivity contribution in [3.05, 3.63) is 64.5 Å². The Labute approximate surface area is 176 Å². The first-order chi connectivity index (χ1) is 14.3. The summed E-state index contributed by atoms with van der Waals surface area (Å²) in [6.07, 6.45) is 0.894. The lowest BCUT2D eigenvalue weighted by atomic mass is 9.78. The lowest BCUT2D eigenvalue weighted by Crippen LogP contribution is -2.56. The molecule has 4 rings (SSSR count). The second kappa shape index (κ2) is 7.60. The molecule has 0 saturated carbocycles. The normalized spacial score (nSPS) is 21.6. The molecule has 2 aromatic rings. The summed E-state index contributed by atoms with van der Waals surface area (Å²) < 4.78 is 14.1. The Morgan fingerprint density at radius 3 is 2.23 bits per heavy atom. The van der Waals surface area contributed by atoms with Gasteiger partial charge in [0.2, 0.25) is 5.91 Å². The van der Waals surface area contributed by atoms with Gasteiger partial charge in [-0.3, -0.25) is 14.5 Å². The van der Waals surface area contributed by atoms with E-state index in [0.29, 0.717) is 31.6 Å². The van der Waals surface area contributed by atoms with Crippen LogP contribution in [-0.4, -0.2) is 42.5 Å². The average molecular weight is 410 g/mol. The number of amides is 1. The Morgan fingerprint density at radius 2 is 1.67 bits per heavy atom. The van der Waals surface area contributed by atoms with Crippen LogP contribution in [0.15, 0.2) is 36.4 Å². The summed E-state index contributed by atoms with van der Waals surface area (Å²) in [5, 5.41) is 1.79. The van der Waals surface area contributed by atoms with E-state index < -0.39 is 17.3 Å². The van der Waals surface area contributed by atoms with Crippen molar-refractivity contribution in [2.45, 2.75) is 45.1 Å². The number of nitrogens with zero attached hydrogens (tertiary/aromatic N) is 2. The monoisotopic (exact) mass is 410 g/mol. The number of hydrogen-bond donors (Lipinski definition) is 0. The number of rotatable bonds is 3. The molecule has 2 aliphatic rings. The lowest BCUT2D eigenvalue weighted by Gasteiger charge is -2.42. The molecule has 0 radical (unpaired) electrons. The van der Waals surface area contributed by atoms with Gasteiger partial charge in [0, 0.05) is 18.8 Å². The number of Topliss-reactive ketones (excluding diaryl/α,β-unsaturated/α-hetero) is 1. The Morgan fingerprint density at radius 1 is 1.03 bits per heavy atom. The fourth-order valence-electron chi connectivity index (χ4n) is 5.23. The standard InChI is InChI=1S/C24H27FN2O3/c1-15-12-16(2)20(17(3)13-15)21-22(28)24(8-10-26(30-4)11-9-24)27(23(21)29)19-7-5-6-18(25)14-19/h5-7,12-14,21H,8-11H2,1-4H3. The highest BCUT2D eigenvalue weighted by atomic mass is 19.1. The van der Waals surface area contributed by atoms with Gasteiger partial charge in [0.1, 0.15) is 17.3 Å². The first kappa shape index (κ1) is 20.7. The van der Waals surface area contributed by atoms with Gasteiger partial charge in [-0.05, 0) is 68.5 Å². The third kappa shape index (κ3) is 3.15. The maximum Gasteiger partial charge on any atom is 0.243 e. The van der Waals surface area contributed by atoms with Gasteiger partial charge in [-0.1, -0.05) is 23.8 Å². The second-order valence-corrected chi connectivity index (χ2v) is 8.41. The van der Waals surface area contributed by atoms with E-state index in [1.54, 1.807) is 29.2 Å². The van der Waals surface area contributed by atoms with Crippen molar-refractivity contribution in [2.24, 2.45) is 0 Å². The molecular weight excluding hydrogens is 383 g/mol. The van der Waals surface area contributed by atoms with Crippen LogP contribution in [0.1, 0.15) is 41.0 Å². The van der Waals surface area contributed by atoms with E-state index in [9.17, 15) is 14.0 Å². The summed E-state index contributed by atoms with van der Waals surface area (Å²) in [5.74, 6) is -1.67. The smallest absolute Gasteiger partial charge is 0.243 e. The Balaban J connectivity index is 1.86. The minimum absolute atomic E-state index is 0.0948. The van der Waals surface area contributed by atoms with Crippen molar-refractivity contribution < 1.29 is 18.8 Å². The molecule has 2 saturated heterocycles. The van der Waals surface area contributed by atoms with Crippen molar-refractivity contribution in [1.29, 1.82) is 0 Å². The predicted molar refractivity (Wildman–Crippen MR) is 113 cm³/mol. The molecule has 0 bridgehead atoms. The summed E-state index contributed by atoms with van der Waals surface area (Å²) >= 11 is 0. The molecule has 6 heteroatoms. The number of ketones is 1. The summed E-state index contributed by atoms with van der Waals surface area (Å²) in [6.45, 7) is 6.95. The van der Waals surface area contributed by atoms with Gasteiger partial charge >= 0.3 is 0 Å². The van der Waals surface area contributed by atoms with Crippen LogP contribution in [0.4, 0.5) is 10.1 Å². The minimum atomic E-state index is -0.992. The van der Waals surface area contributed by atoms with Gasteiger partial charge in [-0.25, -0.2) is 4.39 Å². The van der Waals surface area contributed by atoms with Crippen molar-refractivity contribution >= 4 is 17.4 Å². The number of hydroxylamine groups is 2. The van der Waals surface area contributed by atoms with E-state index in [4.69, 9.17) is 4.84 Å². The molecule has 1 spiro atoms. The van der Waals surface area contributed by atoms with E-state index in [-0.39, 0.29) is 11.7 Å². The molecule has 0 aliphatic carbocycles. The Hall–Kier alpha value is -2.57. The number of benzene rings is 2. The molecule has 1 atom stereocenters. The van der Waals surface area contributed by atoms with Crippen molar-refractivity contribution in [1.82, 2.24) is 5.06 Å². The van der Waals surface area contributed by atoms with E-state index in [1.807, 2.05) is 32.9 Å². The summed E-state index contributed by atoms with van der Waals surface area (Å²) in [7, 11) is 1.60. The van der Waals surface area contributed by atoms with E-state index in [0.717, 1.165) is 22.3 Å². The maximum absolute atomic E-state index is 14.1. The Kier molecular flexibility index (Phi) is 5.24. The molecule has 1 amide bonds. The number of hydrogen-bond acceptors (Lipinski definition) is 4. The van der Waals surface area contributed by atoms with Crippen LogP contribution in [0.5, 0.6) is 0 Å². The molecular formula is C24H27FN2O3. The molecule has 2 aliphatic heterocycles. The molecule has 30 heavy (non-hydrogen) atoms. The topological polar surface area (TPSA) is 49.9 Å². The number of piperidine rings is 1. The summed E-state index contributed by atoms with van der Waals surface area (Å²) in [6, 6.07) is 9.98. The van der Waals surface area contributed by atoms with Crippen LogP contribution in [0.25, 0.3) is 0 Å². The molecule has 2 fully saturated rings. The SMILES string of the molecule is CON1CCC2(CC1)C(=O)C(c1c(C)cc(C)cc1C)C(=O)N2c1cccc(F)c1. The zero-order chi connectivity index (χ0) is 21.6. The summed E-state index contributed by atoms with van der Waals surface area (Å²) in [4.78, 5) is 34.6.